The van der Waals surface area contributed by atoms with Crippen LogP contribution in [-0.2, 0) is 45.3 Å². The summed E-state index contributed by atoms with van der Waals surface area (Å²) >= 11 is 3.14. The van der Waals surface area contributed by atoms with Crippen LogP contribution in [0.5, 0.6) is 0 Å². The van der Waals surface area contributed by atoms with E-state index in [0.717, 1.165) is 0 Å². The molecule has 0 heterocycles. The van der Waals surface area contributed by atoms with Gasteiger partial charge in [0, 0.05) is 0 Å². The summed E-state index contributed by atoms with van der Waals surface area (Å²) in [6, 6.07) is 9.45. The van der Waals surface area contributed by atoms with Gasteiger partial charge in [-0.15, -0.1) is 24.8 Å². The second-order valence-electron chi connectivity index (χ2n) is 9.42. The summed E-state index contributed by atoms with van der Waals surface area (Å²) < 4.78 is 0. The molecule has 0 unspecified atom stereocenters. The zero-order valence-corrected chi connectivity index (χ0v) is 27.6. The van der Waals surface area contributed by atoms with Crippen molar-refractivity contribution in [1.29, 1.82) is 0 Å². The van der Waals surface area contributed by atoms with Crippen molar-refractivity contribution in [3.8, 4) is 0 Å². The molecule has 0 nitrogen and oxygen atoms in total. The minimum atomic E-state index is 0. The van der Waals surface area contributed by atoms with Gasteiger partial charge < -0.3 is 14.9 Å². The van der Waals surface area contributed by atoms with Gasteiger partial charge in [-0.2, -0.15) is 45.5 Å². The molecule has 0 saturated carbocycles. The molecule has 0 aliphatic heterocycles. The first kappa shape index (κ1) is 35.3. The molecule has 30 heavy (non-hydrogen) atoms. The van der Waals surface area contributed by atoms with Crippen LogP contribution >= 0.6 is 24.8 Å². The first-order valence-corrected chi connectivity index (χ1v) is 20.6. The topological polar surface area (TPSA) is 0 Å². The Morgan fingerprint density at radius 2 is 1.03 bits per heavy atom. The van der Waals surface area contributed by atoms with Crippen LogP contribution in [0.1, 0.15) is 86.8 Å². The molecule has 0 N–H and O–H groups in total. The van der Waals surface area contributed by atoms with Crippen molar-refractivity contribution in [3.63, 3.8) is 0 Å². The van der Waals surface area contributed by atoms with Gasteiger partial charge in [-0.05, 0) is 0 Å². The van der Waals surface area contributed by atoms with E-state index in [0.29, 0.717) is 10.8 Å². The number of hydrogen-bond acceptors (Lipinski definition) is 0. The minimum absolute atomic E-state index is 0. The second kappa shape index (κ2) is 14.8. The molecular formula is C26H44Cl2GeZr-4. The van der Waals surface area contributed by atoms with Gasteiger partial charge in [-0.1, -0.05) is 90.9 Å². The molecule has 0 fully saturated rings. The van der Waals surface area contributed by atoms with Crippen LogP contribution in [0.4, 0.5) is 0 Å². The van der Waals surface area contributed by atoms with Crippen molar-refractivity contribution in [2.45, 2.75) is 90.9 Å². The summed E-state index contributed by atoms with van der Waals surface area (Å²) in [4.78, 5) is 0. The third kappa shape index (κ3) is 8.57. The van der Waals surface area contributed by atoms with Gasteiger partial charge in [0.1, 0.15) is 0 Å². The van der Waals surface area contributed by atoms with Crippen LogP contribution in [0, 0.1) is 28.7 Å². The van der Waals surface area contributed by atoms with E-state index in [-0.39, 0.29) is 39.7 Å². The van der Waals surface area contributed by atoms with Gasteiger partial charge in [0.15, 0.2) is 0 Å². The number of halogens is 2. The van der Waals surface area contributed by atoms with E-state index in [1.165, 1.54) is 61.8 Å². The van der Waals surface area contributed by atoms with Gasteiger partial charge >= 0.3 is 33.7 Å². The number of hydrogen-bond donors (Lipinski definition) is 0. The Morgan fingerprint density at radius 1 is 0.733 bits per heavy atom. The average Bonchev–Trinajstić information content (AvgIpc) is 3.13. The molecule has 0 saturated heterocycles. The Kier molecular flexibility index (Phi) is 17.4. The maximum absolute atomic E-state index is 2.37. The Morgan fingerprint density at radius 3 is 1.30 bits per heavy atom. The van der Waals surface area contributed by atoms with Crippen molar-refractivity contribution in [2.75, 3.05) is 0 Å². The fourth-order valence-corrected chi connectivity index (χ4v) is 4.81. The van der Waals surface area contributed by atoms with E-state index in [2.05, 4.69) is 65.8 Å². The third-order valence-corrected chi connectivity index (χ3v) is 6.19. The molecule has 0 atom stereocenters. The Hall–Kier alpha value is 0.706. The Bertz CT molecular complexity index is 678. The quantitative estimate of drug-likeness (QED) is 0.220. The average molecular weight is 591 g/mol. The molecule has 4 heteroatoms. The van der Waals surface area contributed by atoms with Crippen LogP contribution in [0.3, 0.4) is 0 Å². The molecule has 0 amide bonds. The van der Waals surface area contributed by atoms with E-state index in [1.54, 1.807) is 43.9 Å². The zero-order chi connectivity index (χ0) is 19.5. The Labute approximate surface area is 220 Å². The van der Waals surface area contributed by atoms with E-state index in [1.807, 2.05) is 0 Å². The molecule has 0 radical (unpaired) electrons. The van der Waals surface area contributed by atoms with Crippen molar-refractivity contribution >= 4 is 37.0 Å². The summed E-state index contributed by atoms with van der Waals surface area (Å²) in [5.41, 5.74) is 10.2. The molecule has 174 valence electrons. The van der Waals surface area contributed by atoms with Crippen molar-refractivity contribution in [3.05, 3.63) is 72.5 Å². The zero-order valence-electron chi connectivity index (χ0n) is 20.6. The molecular weight excluding hydrogens is 547 g/mol. The number of aryl methyl sites for hydroxylation is 4. The maximum atomic E-state index is 2.37. The summed E-state index contributed by atoms with van der Waals surface area (Å²) in [5.74, 6) is 0. The van der Waals surface area contributed by atoms with Gasteiger partial charge in [-0.25, -0.2) is 12.1 Å². The summed E-state index contributed by atoms with van der Waals surface area (Å²) in [6.07, 6.45) is 8.03. The van der Waals surface area contributed by atoms with Gasteiger partial charge in [0.05, 0.1) is 0 Å². The van der Waals surface area contributed by atoms with E-state index in [9.17, 15) is 0 Å². The van der Waals surface area contributed by atoms with Gasteiger partial charge in [0.25, 0.3) is 0 Å². The van der Waals surface area contributed by atoms with E-state index in [4.69, 9.17) is 0 Å². The molecule has 2 aliphatic rings. The molecule has 0 aromatic heterocycles. The molecule has 2 aromatic carbocycles. The van der Waals surface area contributed by atoms with Crippen molar-refractivity contribution in [2.24, 2.45) is 0 Å². The fourth-order valence-electron chi connectivity index (χ4n) is 4.81. The number of rotatable bonds is 0. The second-order valence-corrected chi connectivity index (χ2v) is 9.42. The third-order valence-electron chi connectivity index (χ3n) is 6.19. The summed E-state index contributed by atoms with van der Waals surface area (Å²) in [7, 11) is 0. The van der Waals surface area contributed by atoms with Crippen LogP contribution in [0.15, 0.2) is 24.3 Å². The summed E-state index contributed by atoms with van der Waals surface area (Å²) in [6.45, 7) is 13.9. The van der Waals surface area contributed by atoms with Crippen molar-refractivity contribution < 1.29 is 21.6 Å². The first-order valence-electron chi connectivity index (χ1n) is 10.1. The van der Waals surface area contributed by atoms with Crippen LogP contribution in [-0.4, -0.2) is 12.1 Å². The monoisotopic (exact) mass is 590 g/mol. The first-order chi connectivity index (χ1) is 12.2. The molecule has 2 aromatic rings. The molecule has 0 spiro atoms. The standard InChI is InChI=1S/2C12H17.2CH3.2ClH.GeH2.Zr/c2*1-9-7-10-5-4-6-12(2,3)11(10)8-9;;;;;;/h2*7-8H,4-6H2,1-3H3;2*1H3;2*1H;1H2;/q4*-1;;;;. The predicted molar refractivity (Wildman–Crippen MR) is 141 cm³/mol. The van der Waals surface area contributed by atoms with E-state index < -0.39 is 0 Å². The molecule has 4 rings (SSSR count). The van der Waals surface area contributed by atoms with Gasteiger partial charge in [-0.3, -0.25) is 0 Å². The van der Waals surface area contributed by atoms with Crippen LogP contribution in [0.2, 0.25) is 0 Å². The molecule has 0 bridgehead atoms. The SMILES string of the molecule is Cc1cc2c([cH-]1)CCCC2(C)C.Cc1cc2c([cH-]1)CCCC2(C)C.Cl.Cl.[CH3-].[CH3-].[GeH2]=[Zr]. The number of fused-ring (bicyclic) bond motifs is 2. The summed E-state index contributed by atoms with van der Waals surface area (Å²) in [5, 5.41) is 0. The Balaban J connectivity index is -0.000000400. The van der Waals surface area contributed by atoms with Crippen LogP contribution in [0.25, 0.3) is 0 Å². The van der Waals surface area contributed by atoms with Crippen molar-refractivity contribution in [1.82, 2.24) is 0 Å². The fraction of sp³-hybridized carbons (Fsp3) is 0.538. The normalized spacial score (nSPS) is 16.6. The van der Waals surface area contributed by atoms with Crippen LogP contribution < -0.4 is 0 Å². The van der Waals surface area contributed by atoms with Gasteiger partial charge in [0.2, 0.25) is 0 Å². The van der Waals surface area contributed by atoms with E-state index >= 15 is 0 Å². The molecule has 2 aliphatic carbocycles. The predicted octanol–water partition coefficient (Wildman–Crippen LogP) is 7.48.